The fourth-order valence-corrected chi connectivity index (χ4v) is 1.96. The number of amides is 2. The minimum Gasteiger partial charge on any atom is -0.478 e. The summed E-state index contributed by atoms with van der Waals surface area (Å²) in [6, 6.07) is 6.29. The molecule has 0 bridgehead atoms. The first-order chi connectivity index (χ1) is 12.8. The Bertz CT molecular complexity index is 797. The third-order valence-electron chi connectivity index (χ3n) is 3.29. The van der Waals surface area contributed by atoms with Crippen LogP contribution in [0.1, 0.15) is 21.6 Å². The summed E-state index contributed by atoms with van der Waals surface area (Å²) in [6.07, 6.45) is -3.56. The Balaban J connectivity index is 1.70. The van der Waals surface area contributed by atoms with E-state index >= 15 is 0 Å². The Hall–Kier alpha value is -3.37. The summed E-state index contributed by atoms with van der Waals surface area (Å²) >= 11 is 0. The minimum absolute atomic E-state index is 0.127. The molecule has 144 valence electrons. The van der Waals surface area contributed by atoms with Crippen LogP contribution in [0.2, 0.25) is 0 Å². The molecular weight excluding hydrogens is 367 g/mol. The van der Waals surface area contributed by atoms with Gasteiger partial charge in [-0.1, -0.05) is 12.1 Å². The molecule has 1 heterocycles. The SMILES string of the molecule is O=C(NCCNc1nccc(C(F)(F)F)n1)NCc1ccc(C(=O)O)cc1. The van der Waals surface area contributed by atoms with Gasteiger partial charge in [0.15, 0.2) is 0 Å². The molecule has 0 saturated heterocycles. The van der Waals surface area contributed by atoms with E-state index in [1.165, 1.54) is 12.1 Å². The van der Waals surface area contributed by atoms with Crippen molar-refractivity contribution in [3.63, 3.8) is 0 Å². The number of alkyl halides is 3. The van der Waals surface area contributed by atoms with Crippen LogP contribution in [0.15, 0.2) is 36.5 Å². The number of carbonyl (C=O) groups excluding carboxylic acids is 1. The highest BCUT2D eigenvalue weighted by Crippen LogP contribution is 2.27. The zero-order valence-electron chi connectivity index (χ0n) is 13.9. The van der Waals surface area contributed by atoms with Crippen LogP contribution < -0.4 is 16.0 Å². The standard InChI is InChI=1S/C16H16F3N5O3/c17-16(18,19)12-5-6-20-14(24-12)21-7-8-22-15(27)23-9-10-1-3-11(4-2-10)13(25)26/h1-6H,7-9H2,(H,25,26)(H,20,21,24)(H2,22,23,27). The minimum atomic E-state index is -4.56. The van der Waals surface area contributed by atoms with Gasteiger partial charge >= 0.3 is 18.2 Å². The second-order valence-corrected chi connectivity index (χ2v) is 5.30. The number of anilines is 1. The lowest BCUT2D eigenvalue weighted by Gasteiger charge is -2.10. The summed E-state index contributed by atoms with van der Waals surface area (Å²) in [6.45, 7) is 0.446. The predicted octanol–water partition coefficient (Wildman–Crippen LogP) is 2.10. The average Bonchev–Trinajstić information content (AvgIpc) is 2.63. The number of nitrogens with one attached hydrogen (secondary N) is 3. The van der Waals surface area contributed by atoms with Gasteiger partial charge in [-0.15, -0.1) is 0 Å². The third-order valence-corrected chi connectivity index (χ3v) is 3.29. The molecule has 0 saturated carbocycles. The van der Waals surface area contributed by atoms with E-state index in [1.54, 1.807) is 12.1 Å². The summed E-state index contributed by atoms with van der Waals surface area (Å²) in [4.78, 5) is 29.4. The first-order valence-electron chi connectivity index (χ1n) is 7.74. The number of urea groups is 1. The molecule has 27 heavy (non-hydrogen) atoms. The number of aromatic carboxylic acids is 1. The molecule has 1 aromatic heterocycles. The number of carboxylic acid groups (broad SMARTS) is 1. The van der Waals surface area contributed by atoms with E-state index in [9.17, 15) is 22.8 Å². The monoisotopic (exact) mass is 383 g/mol. The van der Waals surface area contributed by atoms with Crippen molar-refractivity contribution >= 4 is 17.9 Å². The van der Waals surface area contributed by atoms with E-state index in [1.807, 2.05) is 0 Å². The van der Waals surface area contributed by atoms with Crippen LogP contribution in [-0.2, 0) is 12.7 Å². The summed E-state index contributed by atoms with van der Waals surface area (Å²) in [5.74, 6) is -1.23. The van der Waals surface area contributed by atoms with E-state index in [2.05, 4.69) is 25.9 Å². The Morgan fingerprint density at radius 3 is 2.37 bits per heavy atom. The van der Waals surface area contributed by atoms with Crippen LogP contribution in [0.4, 0.5) is 23.9 Å². The van der Waals surface area contributed by atoms with Crippen molar-refractivity contribution in [3.05, 3.63) is 53.3 Å². The van der Waals surface area contributed by atoms with Gasteiger partial charge in [0.2, 0.25) is 5.95 Å². The summed E-state index contributed by atoms with van der Waals surface area (Å²) in [7, 11) is 0. The van der Waals surface area contributed by atoms with Crippen LogP contribution >= 0.6 is 0 Å². The van der Waals surface area contributed by atoms with Gasteiger partial charge in [0.25, 0.3) is 0 Å². The number of carbonyl (C=O) groups is 2. The molecule has 0 spiro atoms. The van der Waals surface area contributed by atoms with Crippen molar-refractivity contribution < 1.29 is 27.9 Å². The number of hydrogen-bond acceptors (Lipinski definition) is 5. The molecule has 0 unspecified atom stereocenters. The predicted molar refractivity (Wildman–Crippen MR) is 89.2 cm³/mol. The Labute approximate surface area is 151 Å². The molecule has 0 aliphatic rings. The molecule has 2 amide bonds. The molecule has 2 aromatic rings. The summed E-state index contributed by atoms with van der Waals surface area (Å²) < 4.78 is 37.6. The first-order valence-corrected chi connectivity index (χ1v) is 7.74. The van der Waals surface area contributed by atoms with Gasteiger partial charge in [-0.25, -0.2) is 19.6 Å². The summed E-state index contributed by atoms with van der Waals surface area (Å²) in [5.41, 5.74) is -0.198. The van der Waals surface area contributed by atoms with Gasteiger partial charge < -0.3 is 21.1 Å². The van der Waals surface area contributed by atoms with E-state index in [0.717, 1.165) is 12.3 Å². The fraction of sp³-hybridized carbons (Fsp3) is 0.250. The van der Waals surface area contributed by atoms with Crippen LogP contribution in [0, 0.1) is 0 Å². The maximum absolute atomic E-state index is 12.5. The van der Waals surface area contributed by atoms with Crippen LogP contribution in [0.25, 0.3) is 0 Å². The van der Waals surface area contributed by atoms with Crippen molar-refractivity contribution in [1.82, 2.24) is 20.6 Å². The molecule has 1 aromatic carbocycles. The lowest BCUT2D eigenvalue weighted by Crippen LogP contribution is -2.37. The quantitative estimate of drug-likeness (QED) is 0.544. The zero-order chi connectivity index (χ0) is 19.9. The number of hydrogen-bond donors (Lipinski definition) is 4. The van der Waals surface area contributed by atoms with Crippen molar-refractivity contribution in [2.45, 2.75) is 12.7 Å². The number of carboxylic acids is 1. The van der Waals surface area contributed by atoms with E-state index in [-0.39, 0.29) is 31.1 Å². The molecule has 0 atom stereocenters. The Kier molecular flexibility index (Phi) is 6.52. The van der Waals surface area contributed by atoms with Gasteiger partial charge in [0.05, 0.1) is 5.56 Å². The van der Waals surface area contributed by atoms with Gasteiger partial charge in [0.1, 0.15) is 5.69 Å². The normalized spacial score (nSPS) is 10.9. The maximum Gasteiger partial charge on any atom is 0.433 e. The highest BCUT2D eigenvalue weighted by Gasteiger charge is 2.32. The number of aromatic nitrogens is 2. The van der Waals surface area contributed by atoms with Crippen LogP contribution in [0.5, 0.6) is 0 Å². The van der Waals surface area contributed by atoms with Gasteiger partial charge in [-0.05, 0) is 23.8 Å². The number of nitrogens with zero attached hydrogens (tertiary/aromatic N) is 2. The van der Waals surface area contributed by atoms with Gasteiger partial charge in [0, 0.05) is 25.8 Å². The van der Waals surface area contributed by atoms with Crippen molar-refractivity contribution in [2.24, 2.45) is 0 Å². The first kappa shape index (κ1) is 19.9. The molecule has 0 radical (unpaired) electrons. The summed E-state index contributed by atoms with van der Waals surface area (Å²) in [5, 5.41) is 16.5. The topological polar surface area (TPSA) is 116 Å². The van der Waals surface area contributed by atoms with E-state index in [0.29, 0.717) is 5.56 Å². The van der Waals surface area contributed by atoms with Crippen LogP contribution in [0.3, 0.4) is 0 Å². The molecule has 8 nitrogen and oxygen atoms in total. The van der Waals surface area contributed by atoms with Crippen molar-refractivity contribution in [2.75, 3.05) is 18.4 Å². The number of halogens is 3. The maximum atomic E-state index is 12.5. The smallest absolute Gasteiger partial charge is 0.433 e. The lowest BCUT2D eigenvalue weighted by molar-refractivity contribution is -0.141. The molecule has 0 aliphatic heterocycles. The van der Waals surface area contributed by atoms with Crippen molar-refractivity contribution in [3.8, 4) is 0 Å². The largest absolute Gasteiger partial charge is 0.478 e. The zero-order valence-corrected chi connectivity index (χ0v) is 13.9. The highest BCUT2D eigenvalue weighted by atomic mass is 19.4. The molecule has 4 N–H and O–H groups in total. The lowest BCUT2D eigenvalue weighted by atomic mass is 10.1. The molecule has 0 fully saturated rings. The fourth-order valence-electron chi connectivity index (χ4n) is 1.96. The Morgan fingerprint density at radius 2 is 1.74 bits per heavy atom. The third kappa shape index (κ3) is 6.45. The second-order valence-electron chi connectivity index (χ2n) is 5.30. The molecule has 2 rings (SSSR count). The Morgan fingerprint density at radius 1 is 1.04 bits per heavy atom. The second kappa shape index (κ2) is 8.83. The van der Waals surface area contributed by atoms with Gasteiger partial charge in [-0.3, -0.25) is 0 Å². The molecule has 11 heteroatoms. The number of benzene rings is 1. The van der Waals surface area contributed by atoms with E-state index in [4.69, 9.17) is 5.11 Å². The highest BCUT2D eigenvalue weighted by molar-refractivity contribution is 5.87. The van der Waals surface area contributed by atoms with E-state index < -0.39 is 23.9 Å². The average molecular weight is 383 g/mol. The van der Waals surface area contributed by atoms with Crippen molar-refractivity contribution in [1.29, 1.82) is 0 Å². The molecule has 0 aliphatic carbocycles. The number of rotatable bonds is 7. The molecular formula is C16H16F3N5O3. The van der Waals surface area contributed by atoms with Crippen LogP contribution in [-0.4, -0.2) is 40.2 Å². The van der Waals surface area contributed by atoms with Gasteiger partial charge in [-0.2, -0.15) is 13.2 Å².